The molecule has 4 aromatic carbocycles. The monoisotopic (exact) mass is 430 g/mol. The van der Waals surface area contributed by atoms with Crippen LogP contribution in [-0.2, 0) is 4.79 Å². The van der Waals surface area contributed by atoms with Crippen LogP contribution >= 0.6 is 11.6 Å². The normalized spacial score (nSPS) is 11.0. The van der Waals surface area contributed by atoms with E-state index in [0.29, 0.717) is 10.8 Å². The molecule has 0 radical (unpaired) electrons. The maximum Gasteiger partial charge on any atom is 0.328 e. The molecule has 0 aliphatic rings. The van der Waals surface area contributed by atoms with E-state index in [2.05, 4.69) is 0 Å². The van der Waals surface area contributed by atoms with E-state index in [4.69, 9.17) is 26.2 Å². The van der Waals surface area contributed by atoms with Crippen LogP contribution in [-0.4, -0.2) is 18.2 Å². The van der Waals surface area contributed by atoms with Gasteiger partial charge in [0.2, 0.25) is 0 Å². The summed E-state index contributed by atoms with van der Waals surface area (Å²) in [5.41, 5.74) is 2.69. The number of carbonyl (C=O) groups is 1. The molecule has 0 atom stereocenters. The lowest BCUT2D eigenvalue weighted by Crippen LogP contribution is -1.92. The average molecular weight is 431 g/mol. The van der Waals surface area contributed by atoms with Crippen LogP contribution in [0.2, 0.25) is 5.02 Å². The fourth-order valence-corrected chi connectivity index (χ4v) is 3.43. The first kappa shape index (κ1) is 20.5. The fraction of sp³-hybridized carbons (Fsp3) is 0.0385. The van der Waals surface area contributed by atoms with E-state index < -0.39 is 5.97 Å². The van der Waals surface area contributed by atoms with Crippen molar-refractivity contribution in [3.8, 4) is 28.4 Å². The van der Waals surface area contributed by atoms with Crippen LogP contribution in [0, 0.1) is 0 Å². The van der Waals surface area contributed by atoms with Crippen LogP contribution in [0.25, 0.3) is 28.0 Å². The molecule has 0 aliphatic carbocycles. The van der Waals surface area contributed by atoms with Crippen molar-refractivity contribution < 1.29 is 19.4 Å². The second-order valence-electron chi connectivity index (χ2n) is 6.88. The molecule has 4 nitrogen and oxygen atoms in total. The number of hydrogen-bond acceptors (Lipinski definition) is 3. The molecule has 0 heterocycles. The molecule has 4 aromatic rings. The second-order valence-corrected chi connectivity index (χ2v) is 7.32. The van der Waals surface area contributed by atoms with E-state index in [1.54, 1.807) is 7.11 Å². The highest BCUT2D eigenvalue weighted by Gasteiger charge is 2.13. The Balaban J connectivity index is 1.79. The van der Waals surface area contributed by atoms with Gasteiger partial charge in [-0.2, -0.15) is 0 Å². The Kier molecular flexibility index (Phi) is 5.92. The van der Waals surface area contributed by atoms with Gasteiger partial charge in [-0.1, -0.05) is 41.9 Å². The third-order valence-electron chi connectivity index (χ3n) is 4.85. The van der Waals surface area contributed by atoms with Gasteiger partial charge < -0.3 is 14.6 Å². The number of rotatable bonds is 6. The van der Waals surface area contributed by atoms with Gasteiger partial charge in [0.1, 0.15) is 17.2 Å². The summed E-state index contributed by atoms with van der Waals surface area (Å²) < 4.78 is 11.7. The Morgan fingerprint density at radius 3 is 2.29 bits per heavy atom. The number of carboxylic acid groups (broad SMARTS) is 1. The molecule has 0 fully saturated rings. The summed E-state index contributed by atoms with van der Waals surface area (Å²) in [6.45, 7) is 0. The summed E-state index contributed by atoms with van der Waals surface area (Å²) in [4.78, 5) is 10.7. The minimum Gasteiger partial charge on any atom is -0.497 e. The SMILES string of the molecule is COc1ccc2c(Oc3ccc(/C=C/C(=O)O)cc3)c(-c3ccc(Cl)cc3)ccc2c1. The number of fused-ring (bicyclic) bond motifs is 1. The van der Waals surface area contributed by atoms with Crippen LogP contribution in [0.15, 0.2) is 84.9 Å². The first-order valence-corrected chi connectivity index (χ1v) is 9.97. The number of benzene rings is 4. The zero-order valence-corrected chi connectivity index (χ0v) is 17.5. The maximum atomic E-state index is 10.7. The molecule has 0 unspecified atom stereocenters. The number of methoxy groups -OCH3 is 1. The number of carboxylic acids is 1. The molecule has 1 N–H and O–H groups in total. The first-order valence-electron chi connectivity index (χ1n) is 9.59. The molecular weight excluding hydrogens is 412 g/mol. The molecule has 0 saturated carbocycles. The Hall–Kier alpha value is -3.76. The Labute approximate surface area is 184 Å². The molecule has 31 heavy (non-hydrogen) atoms. The minimum atomic E-state index is -0.987. The predicted octanol–water partition coefficient (Wildman–Crippen LogP) is 7.06. The van der Waals surface area contributed by atoms with Crippen molar-refractivity contribution in [1.29, 1.82) is 0 Å². The molecule has 0 aromatic heterocycles. The van der Waals surface area contributed by atoms with E-state index in [0.717, 1.165) is 45.0 Å². The number of aliphatic carboxylic acids is 1. The lowest BCUT2D eigenvalue weighted by molar-refractivity contribution is -0.131. The van der Waals surface area contributed by atoms with Gasteiger partial charge in [-0.05, 0) is 71.1 Å². The van der Waals surface area contributed by atoms with Crippen molar-refractivity contribution in [3.63, 3.8) is 0 Å². The second kappa shape index (κ2) is 8.94. The van der Waals surface area contributed by atoms with E-state index in [9.17, 15) is 4.79 Å². The minimum absolute atomic E-state index is 0.644. The zero-order valence-electron chi connectivity index (χ0n) is 16.7. The van der Waals surface area contributed by atoms with Gasteiger partial charge in [-0.15, -0.1) is 0 Å². The van der Waals surface area contributed by atoms with Gasteiger partial charge in [0.05, 0.1) is 7.11 Å². The smallest absolute Gasteiger partial charge is 0.328 e. The fourth-order valence-electron chi connectivity index (χ4n) is 3.31. The lowest BCUT2D eigenvalue weighted by Gasteiger charge is -2.15. The summed E-state index contributed by atoms with van der Waals surface area (Å²) in [7, 11) is 1.64. The number of halogens is 1. The average Bonchev–Trinajstić information content (AvgIpc) is 2.79. The maximum absolute atomic E-state index is 10.7. The molecular formula is C26H19ClO4. The first-order chi connectivity index (χ1) is 15.0. The van der Waals surface area contributed by atoms with Crippen LogP contribution in [0.1, 0.15) is 5.56 Å². The highest BCUT2D eigenvalue weighted by atomic mass is 35.5. The largest absolute Gasteiger partial charge is 0.497 e. The van der Waals surface area contributed by atoms with E-state index in [1.807, 2.05) is 78.9 Å². The highest BCUT2D eigenvalue weighted by molar-refractivity contribution is 6.30. The van der Waals surface area contributed by atoms with Gasteiger partial charge >= 0.3 is 5.97 Å². The topological polar surface area (TPSA) is 55.8 Å². The van der Waals surface area contributed by atoms with Gasteiger partial charge in [0.25, 0.3) is 0 Å². The third-order valence-corrected chi connectivity index (χ3v) is 5.10. The Bertz CT molecular complexity index is 1260. The van der Waals surface area contributed by atoms with Crippen molar-refractivity contribution in [2.45, 2.75) is 0 Å². The van der Waals surface area contributed by atoms with Crippen LogP contribution in [0.5, 0.6) is 17.2 Å². The summed E-state index contributed by atoms with van der Waals surface area (Å²) in [6.07, 6.45) is 2.64. The van der Waals surface area contributed by atoms with Crippen molar-refractivity contribution in [3.05, 3.63) is 95.5 Å². The molecule has 0 bridgehead atoms. The highest BCUT2D eigenvalue weighted by Crippen LogP contribution is 2.40. The number of hydrogen-bond donors (Lipinski definition) is 1. The van der Waals surface area contributed by atoms with E-state index >= 15 is 0 Å². The third kappa shape index (κ3) is 4.71. The van der Waals surface area contributed by atoms with Crippen LogP contribution in [0.4, 0.5) is 0 Å². The zero-order chi connectivity index (χ0) is 21.8. The van der Waals surface area contributed by atoms with Gasteiger partial charge in [0, 0.05) is 22.0 Å². The lowest BCUT2D eigenvalue weighted by atomic mass is 9.99. The Morgan fingerprint density at radius 2 is 1.61 bits per heavy atom. The molecule has 0 spiro atoms. The molecule has 0 amide bonds. The van der Waals surface area contributed by atoms with Crippen molar-refractivity contribution in [1.82, 2.24) is 0 Å². The van der Waals surface area contributed by atoms with Crippen molar-refractivity contribution in [2.24, 2.45) is 0 Å². The summed E-state index contributed by atoms with van der Waals surface area (Å²) in [5, 5.41) is 11.4. The van der Waals surface area contributed by atoms with Crippen molar-refractivity contribution >= 4 is 34.4 Å². The van der Waals surface area contributed by atoms with Gasteiger partial charge in [-0.25, -0.2) is 4.79 Å². The summed E-state index contributed by atoms with van der Waals surface area (Å²) >= 11 is 6.07. The summed E-state index contributed by atoms with van der Waals surface area (Å²) in [6, 6.07) is 24.8. The number of ether oxygens (including phenoxy) is 2. The molecule has 4 rings (SSSR count). The molecule has 5 heteroatoms. The molecule has 154 valence electrons. The predicted molar refractivity (Wildman–Crippen MR) is 124 cm³/mol. The van der Waals surface area contributed by atoms with E-state index in [-0.39, 0.29) is 0 Å². The van der Waals surface area contributed by atoms with Crippen LogP contribution in [0.3, 0.4) is 0 Å². The van der Waals surface area contributed by atoms with Gasteiger partial charge in [-0.3, -0.25) is 0 Å². The standard InChI is InChI=1S/C26H19ClO4/c1-30-22-12-14-24-19(16-22)7-13-23(18-5-8-20(27)9-6-18)26(24)31-21-10-2-17(3-11-21)4-15-25(28)29/h2-16H,1H3,(H,28,29)/b15-4+. The van der Waals surface area contributed by atoms with Crippen molar-refractivity contribution in [2.75, 3.05) is 7.11 Å². The summed E-state index contributed by atoms with van der Waals surface area (Å²) in [5.74, 6) is 1.15. The molecule has 0 saturated heterocycles. The quantitative estimate of drug-likeness (QED) is 0.333. The molecule has 0 aliphatic heterocycles. The van der Waals surface area contributed by atoms with Crippen LogP contribution < -0.4 is 9.47 Å². The Morgan fingerprint density at radius 1 is 0.903 bits per heavy atom. The van der Waals surface area contributed by atoms with Gasteiger partial charge in [0.15, 0.2) is 0 Å². The van der Waals surface area contributed by atoms with E-state index in [1.165, 1.54) is 6.08 Å².